The summed E-state index contributed by atoms with van der Waals surface area (Å²) in [5.74, 6) is -0.347. The SMILES string of the molecule is COC(=O)C[C@H](O)[C@H]1CCCCN1. The van der Waals surface area contributed by atoms with Gasteiger partial charge in [-0.25, -0.2) is 0 Å². The molecule has 1 saturated heterocycles. The van der Waals surface area contributed by atoms with Crippen molar-refractivity contribution in [2.45, 2.75) is 37.8 Å². The van der Waals surface area contributed by atoms with Gasteiger partial charge in [-0.15, -0.1) is 0 Å². The van der Waals surface area contributed by atoms with Crippen molar-refractivity contribution in [3.8, 4) is 0 Å². The number of methoxy groups -OCH3 is 1. The molecule has 0 aromatic carbocycles. The maximum atomic E-state index is 10.9. The predicted molar refractivity (Wildman–Crippen MR) is 48.3 cm³/mol. The van der Waals surface area contributed by atoms with Crippen molar-refractivity contribution in [1.29, 1.82) is 0 Å². The Bertz CT molecular complexity index is 166. The second-order valence-electron chi connectivity index (χ2n) is 3.40. The van der Waals surface area contributed by atoms with Crippen molar-refractivity contribution in [3.63, 3.8) is 0 Å². The molecule has 0 amide bonds. The molecule has 1 fully saturated rings. The molecule has 1 heterocycles. The van der Waals surface area contributed by atoms with Crippen LogP contribution in [0.15, 0.2) is 0 Å². The van der Waals surface area contributed by atoms with Crippen LogP contribution in [0.1, 0.15) is 25.7 Å². The molecule has 0 saturated carbocycles. The standard InChI is InChI=1S/C9H17NO3/c1-13-9(12)6-8(11)7-4-2-3-5-10-7/h7-8,10-11H,2-6H2,1H3/t7-,8+/m1/s1. The summed E-state index contributed by atoms with van der Waals surface area (Å²) < 4.78 is 4.48. The summed E-state index contributed by atoms with van der Waals surface area (Å²) in [6, 6.07) is 0.0628. The topological polar surface area (TPSA) is 58.6 Å². The highest BCUT2D eigenvalue weighted by Crippen LogP contribution is 2.12. The van der Waals surface area contributed by atoms with Crippen LogP contribution in [0.2, 0.25) is 0 Å². The molecular weight excluding hydrogens is 170 g/mol. The molecule has 0 aliphatic carbocycles. The lowest BCUT2D eigenvalue weighted by Crippen LogP contribution is -2.44. The third-order valence-electron chi connectivity index (χ3n) is 2.42. The lowest BCUT2D eigenvalue weighted by Gasteiger charge is -2.27. The molecule has 0 aromatic rings. The smallest absolute Gasteiger partial charge is 0.308 e. The van der Waals surface area contributed by atoms with Gasteiger partial charge in [-0.05, 0) is 19.4 Å². The number of hydrogen-bond acceptors (Lipinski definition) is 4. The Morgan fingerprint density at radius 3 is 3.00 bits per heavy atom. The van der Waals surface area contributed by atoms with Crippen LogP contribution in [0.4, 0.5) is 0 Å². The Labute approximate surface area is 78.3 Å². The van der Waals surface area contributed by atoms with Crippen molar-refractivity contribution in [2.75, 3.05) is 13.7 Å². The first-order valence-corrected chi connectivity index (χ1v) is 4.72. The molecule has 4 heteroatoms. The molecule has 2 N–H and O–H groups in total. The van der Waals surface area contributed by atoms with Crippen LogP contribution in [0, 0.1) is 0 Å². The van der Waals surface area contributed by atoms with Gasteiger partial charge in [-0.2, -0.15) is 0 Å². The van der Waals surface area contributed by atoms with Gasteiger partial charge in [0, 0.05) is 6.04 Å². The number of nitrogens with one attached hydrogen (secondary N) is 1. The number of aliphatic hydroxyl groups excluding tert-OH is 1. The Morgan fingerprint density at radius 2 is 2.46 bits per heavy atom. The number of carbonyl (C=O) groups is 1. The van der Waals surface area contributed by atoms with Gasteiger partial charge in [-0.3, -0.25) is 4.79 Å². The van der Waals surface area contributed by atoms with E-state index in [1.165, 1.54) is 7.11 Å². The number of piperidine rings is 1. The second kappa shape index (κ2) is 5.19. The molecule has 2 atom stereocenters. The minimum Gasteiger partial charge on any atom is -0.469 e. The third kappa shape index (κ3) is 3.32. The van der Waals surface area contributed by atoms with Gasteiger partial charge < -0.3 is 15.2 Å². The van der Waals surface area contributed by atoms with Gasteiger partial charge in [0.1, 0.15) is 0 Å². The summed E-state index contributed by atoms with van der Waals surface area (Å²) in [6.45, 7) is 0.933. The van der Waals surface area contributed by atoms with Crippen LogP contribution in [0.25, 0.3) is 0 Å². The van der Waals surface area contributed by atoms with Crippen LogP contribution in [-0.4, -0.2) is 36.9 Å². The minimum absolute atomic E-state index is 0.0628. The highest BCUT2D eigenvalue weighted by atomic mass is 16.5. The molecule has 13 heavy (non-hydrogen) atoms. The average molecular weight is 187 g/mol. The monoisotopic (exact) mass is 187 g/mol. The molecular formula is C9H17NO3. The van der Waals surface area contributed by atoms with E-state index < -0.39 is 6.10 Å². The Hall–Kier alpha value is -0.610. The number of hydrogen-bond donors (Lipinski definition) is 2. The van der Waals surface area contributed by atoms with Gasteiger partial charge in [0.05, 0.1) is 19.6 Å². The molecule has 0 bridgehead atoms. The molecule has 4 nitrogen and oxygen atoms in total. The Balaban J connectivity index is 2.28. The zero-order chi connectivity index (χ0) is 9.68. The Morgan fingerprint density at radius 1 is 1.69 bits per heavy atom. The van der Waals surface area contributed by atoms with E-state index in [2.05, 4.69) is 10.1 Å². The van der Waals surface area contributed by atoms with E-state index in [-0.39, 0.29) is 18.4 Å². The summed E-state index contributed by atoms with van der Waals surface area (Å²) in [5, 5.41) is 12.8. The molecule has 1 rings (SSSR count). The first kappa shape index (κ1) is 10.5. The molecule has 0 spiro atoms. The van der Waals surface area contributed by atoms with Crippen LogP contribution in [-0.2, 0) is 9.53 Å². The van der Waals surface area contributed by atoms with E-state index in [9.17, 15) is 9.90 Å². The fraction of sp³-hybridized carbons (Fsp3) is 0.889. The fourth-order valence-corrected chi connectivity index (χ4v) is 1.60. The molecule has 1 aliphatic rings. The quantitative estimate of drug-likeness (QED) is 0.613. The van der Waals surface area contributed by atoms with Gasteiger partial charge in [0.15, 0.2) is 0 Å². The van der Waals surface area contributed by atoms with E-state index in [0.29, 0.717) is 0 Å². The van der Waals surface area contributed by atoms with Gasteiger partial charge in [0.2, 0.25) is 0 Å². The zero-order valence-electron chi connectivity index (χ0n) is 7.95. The largest absolute Gasteiger partial charge is 0.469 e. The van der Waals surface area contributed by atoms with Crippen molar-refractivity contribution >= 4 is 5.97 Å². The number of ether oxygens (including phenoxy) is 1. The van der Waals surface area contributed by atoms with Crippen LogP contribution in [0.5, 0.6) is 0 Å². The zero-order valence-corrected chi connectivity index (χ0v) is 7.95. The lowest BCUT2D eigenvalue weighted by atomic mass is 9.98. The average Bonchev–Trinajstić information content (AvgIpc) is 2.19. The first-order chi connectivity index (χ1) is 6.24. The third-order valence-corrected chi connectivity index (χ3v) is 2.42. The number of esters is 1. The van der Waals surface area contributed by atoms with E-state index in [0.717, 1.165) is 25.8 Å². The number of rotatable bonds is 3. The fourth-order valence-electron chi connectivity index (χ4n) is 1.60. The number of carbonyl (C=O) groups excluding carboxylic acids is 1. The van der Waals surface area contributed by atoms with E-state index in [1.54, 1.807) is 0 Å². The van der Waals surface area contributed by atoms with Crippen molar-refractivity contribution < 1.29 is 14.6 Å². The molecule has 0 unspecified atom stereocenters. The Kier molecular flexibility index (Phi) is 4.18. The van der Waals surface area contributed by atoms with Crippen molar-refractivity contribution in [1.82, 2.24) is 5.32 Å². The summed E-state index contributed by atoms with van der Waals surface area (Å²) in [7, 11) is 1.34. The molecule has 76 valence electrons. The predicted octanol–water partition coefficient (Wildman–Crippen LogP) is 0.0525. The molecule has 0 aromatic heterocycles. The maximum absolute atomic E-state index is 10.9. The van der Waals surface area contributed by atoms with E-state index in [4.69, 9.17) is 0 Å². The summed E-state index contributed by atoms with van der Waals surface area (Å²) in [6.07, 6.45) is 2.71. The first-order valence-electron chi connectivity index (χ1n) is 4.72. The van der Waals surface area contributed by atoms with Crippen LogP contribution >= 0.6 is 0 Å². The maximum Gasteiger partial charge on any atom is 0.308 e. The van der Waals surface area contributed by atoms with Crippen molar-refractivity contribution in [3.05, 3.63) is 0 Å². The van der Waals surface area contributed by atoms with E-state index in [1.807, 2.05) is 0 Å². The van der Waals surface area contributed by atoms with Gasteiger partial charge >= 0.3 is 5.97 Å². The normalized spacial score (nSPS) is 25.2. The summed E-state index contributed by atoms with van der Waals surface area (Å²) in [4.78, 5) is 10.9. The highest BCUT2D eigenvalue weighted by molar-refractivity contribution is 5.69. The molecule has 1 aliphatic heterocycles. The van der Waals surface area contributed by atoms with E-state index >= 15 is 0 Å². The summed E-state index contributed by atoms with van der Waals surface area (Å²) >= 11 is 0. The second-order valence-corrected chi connectivity index (χ2v) is 3.40. The summed E-state index contributed by atoms with van der Waals surface area (Å²) in [5.41, 5.74) is 0. The van der Waals surface area contributed by atoms with Crippen molar-refractivity contribution in [2.24, 2.45) is 0 Å². The minimum atomic E-state index is -0.604. The van der Waals surface area contributed by atoms with Gasteiger partial charge in [-0.1, -0.05) is 6.42 Å². The van der Waals surface area contributed by atoms with Gasteiger partial charge in [0.25, 0.3) is 0 Å². The van der Waals surface area contributed by atoms with Crippen LogP contribution < -0.4 is 5.32 Å². The lowest BCUT2D eigenvalue weighted by molar-refractivity contribution is -0.143. The van der Waals surface area contributed by atoms with Crippen LogP contribution in [0.3, 0.4) is 0 Å². The molecule has 0 radical (unpaired) electrons. The number of aliphatic hydroxyl groups is 1. The highest BCUT2D eigenvalue weighted by Gasteiger charge is 2.23.